The minimum absolute atomic E-state index is 0.0972. The van der Waals surface area contributed by atoms with Crippen LogP contribution in [0, 0.1) is 0 Å². The van der Waals surface area contributed by atoms with Crippen molar-refractivity contribution in [2.45, 2.75) is 50.5 Å². The molecule has 2 N–H and O–H groups in total. The molecule has 124 valence electrons. The van der Waals surface area contributed by atoms with E-state index in [0.29, 0.717) is 19.4 Å². The van der Waals surface area contributed by atoms with Crippen molar-refractivity contribution in [3.05, 3.63) is 35.9 Å². The van der Waals surface area contributed by atoms with E-state index in [1.165, 1.54) is 0 Å². The minimum atomic E-state index is -0.681. The second-order valence-corrected chi connectivity index (χ2v) is 6.46. The maximum atomic E-state index is 12.3. The van der Waals surface area contributed by atoms with E-state index in [1.807, 2.05) is 37.3 Å². The van der Waals surface area contributed by atoms with Crippen molar-refractivity contribution >= 4 is 12.0 Å². The second kappa shape index (κ2) is 6.20. The monoisotopic (exact) mass is 318 g/mol. The summed E-state index contributed by atoms with van der Waals surface area (Å²) in [4.78, 5) is 25.5. The van der Waals surface area contributed by atoms with Crippen molar-refractivity contribution in [2.24, 2.45) is 0 Å². The summed E-state index contributed by atoms with van der Waals surface area (Å²) in [7, 11) is 0. The molecule has 3 atom stereocenters. The predicted octanol–water partition coefficient (Wildman–Crippen LogP) is 1.43. The first-order chi connectivity index (χ1) is 11.0. The van der Waals surface area contributed by atoms with E-state index in [1.54, 1.807) is 4.90 Å². The van der Waals surface area contributed by atoms with E-state index in [0.717, 1.165) is 5.56 Å². The molecular formula is C17H22N2O4. The molecule has 0 aliphatic carbocycles. The molecule has 2 aliphatic rings. The van der Waals surface area contributed by atoms with E-state index in [4.69, 9.17) is 4.74 Å². The number of amides is 2. The molecule has 0 bridgehead atoms. The van der Waals surface area contributed by atoms with Crippen LogP contribution in [-0.4, -0.2) is 46.2 Å². The molecule has 0 aromatic heterocycles. The molecule has 6 nitrogen and oxygen atoms in total. The number of hydrogen-bond acceptors (Lipinski definition) is 4. The van der Waals surface area contributed by atoms with Gasteiger partial charge in [0.1, 0.15) is 6.61 Å². The van der Waals surface area contributed by atoms with E-state index in [2.05, 4.69) is 5.32 Å². The molecule has 1 aromatic rings. The number of rotatable bonds is 2. The van der Waals surface area contributed by atoms with E-state index < -0.39 is 11.6 Å². The zero-order valence-corrected chi connectivity index (χ0v) is 13.2. The first-order valence-electron chi connectivity index (χ1n) is 7.96. The van der Waals surface area contributed by atoms with Gasteiger partial charge in [-0.15, -0.1) is 0 Å². The van der Waals surface area contributed by atoms with Crippen molar-refractivity contribution < 1.29 is 19.4 Å². The molecule has 1 unspecified atom stereocenters. The van der Waals surface area contributed by atoms with Gasteiger partial charge in [0.25, 0.3) is 0 Å². The van der Waals surface area contributed by atoms with Crippen LogP contribution in [0.15, 0.2) is 30.3 Å². The molecule has 2 fully saturated rings. The van der Waals surface area contributed by atoms with Crippen LogP contribution in [0.4, 0.5) is 4.79 Å². The number of aliphatic hydroxyl groups excluding tert-OH is 1. The fourth-order valence-corrected chi connectivity index (χ4v) is 3.55. The number of nitrogens with zero attached hydrogens (tertiary/aromatic N) is 1. The second-order valence-electron chi connectivity index (χ2n) is 6.46. The molecule has 23 heavy (non-hydrogen) atoms. The Labute approximate surface area is 135 Å². The Kier molecular flexibility index (Phi) is 4.26. The third kappa shape index (κ3) is 3.17. The van der Waals surface area contributed by atoms with Gasteiger partial charge in [-0.3, -0.25) is 4.79 Å². The van der Waals surface area contributed by atoms with Crippen LogP contribution in [0.2, 0.25) is 0 Å². The van der Waals surface area contributed by atoms with Gasteiger partial charge in [0.05, 0.1) is 18.1 Å². The van der Waals surface area contributed by atoms with Gasteiger partial charge in [-0.05, 0) is 25.3 Å². The predicted molar refractivity (Wildman–Crippen MR) is 83.5 cm³/mol. The number of aliphatic hydroxyl groups is 1. The van der Waals surface area contributed by atoms with Crippen LogP contribution in [0.5, 0.6) is 0 Å². The fourth-order valence-electron chi connectivity index (χ4n) is 3.55. The van der Waals surface area contributed by atoms with Gasteiger partial charge < -0.3 is 20.1 Å². The number of benzene rings is 1. The lowest BCUT2D eigenvalue weighted by molar-refractivity contribution is -0.120. The molecular weight excluding hydrogens is 296 g/mol. The molecule has 0 radical (unpaired) electrons. The Morgan fingerprint density at radius 1 is 1.43 bits per heavy atom. The van der Waals surface area contributed by atoms with Crippen LogP contribution >= 0.6 is 0 Å². The maximum absolute atomic E-state index is 12.3. The third-order valence-corrected chi connectivity index (χ3v) is 4.84. The summed E-state index contributed by atoms with van der Waals surface area (Å²) >= 11 is 0. The number of piperidine rings is 1. The zero-order valence-electron chi connectivity index (χ0n) is 13.2. The lowest BCUT2D eigenvalue weighted by Crippen LogP contribution is -2.59. The first kappa shape index (κ1) is 15.8. The summed E-state index contributed by atoms with van der Waals surface area (Å²) in [5, 5.41) is 13.1. The minimum Gasteiger partial charge on any atom is -0.445 e. The average molecular weight is 318 g/mol. The quantitative estimate of drug-likeness (QED) is 0.864. The Morgan fingerprint density at radius 2 is 2.17 bits per heavy atom. The van der Waals surface area contributed by atoms with Crippen LogP contribution in [0.25, 0.3) is 0 Å². The number of likely N-dealkylation sites (tertiary alicyclic amines) is 1. The maximum Gasteiger partial charge on any atom is 0.410 e. The molecule has 1 spiro atoms. The highest BCUT2D eigenvalue weighted by Crippen LogP contribution is 2.35. The van der Waals surface area contributed by atoms with Crippen LogP contribution in [0.3, 0.4) is 0 Å². The van der Waals surface area contributed by atoms with E-state index >= 15 is 0 Å². The van der Waals surface area contributed by atoms with Gasteiger partial charge in [0.2, 0.25) is 5.91 Å². The molecule has 2 amide bonds. The average Bonchev–Trinajstić information content (AvgIpc) is 2.79. The number of hydrogen-bond donors (Lipinski definition) is 2. The normalized spacial score (nSPS) is 30.3. The third-order valence-electron chi connectivity index (χ3n) is 4.84. The summed E-state index contributed by atoms with van der Waals surface area (Å²) in [6.07, 6.45) is 0.200. The topological polar surface area (TPSA) is 78.9 Å². The highest BCUT2D eigenvalue weighted by molar-refractivity contribution is 5.80. The van der Waals surface area contributed by atoms with Gasteiger partial charge >= 0.3 is 6.09 Å². The SMILES string of the molecule is C[C@H]1C[C@@]2(CCN1C(=O)OCc1ccccc1)NC(=O)CC2O. The largest absolute Gasteiger partial charge is 0.445 e. The summed E-state index contributed by atoms with van der Waals surface area (Å²) in [5.74, 6) is -0.121. The van der Waals surface area contributed by atoms with Crippen LogP contribution in [0.1, 0.15) is 31.7 Å². The molecule has 1 aromatic carbocycles. The Balaban J connectivity index is 1.58. The number of ether oxygens (including phenoxy) is 1. The summed E-state index contributed by atoms with van der Waals surface area (Å²) in [5.41, 5.74) is 0.354. The number of carbonyl (C=O) groups excluding carboxylic acids is 2. The fraction of sp³-hybridized carbons (Fsp3) is 0.529. The van der Waals surface area contributed by atoms with Crippen molar-refractivity contribution in [3.63, 3.8) is 0 Å². The molecule has 2 aliphatic heterocycles. The highest BCUT2D eigenvalue weighted by atomic mass is 16.6. The van der Waals surface area contributed by atoms with Gasteiger partial charge in [-0.1, -0.05) is 30.3 Å². The summed E-state index contributed by atoms with van der Waals surface area (Å²) < 4.78 is 5.37. The Morgan fingerprint density at radius 3 is 2.78 bits per heavy atom. The summed E-state index contributed by atoms with van der Waals surface area (Å²) in [6.45, 7) is 2.63. The van der Waals surface area contributed by atoms with Crippen LogP contribution in [-0.2, 0) is 16.1 Å². The number of nitrogens with one attached hydrogen (secondary N) is 1. The molecule has 3 rings (SSSR count). The van der Waals surface area contributed by atoms with Crippen molar-refractivity contribution in [3.8, 4) is 0 Å². The van der Waals surface area contributed by atoms with Crippen molar-refractivity contribution in [1.29, 1.82) is 0 Å². The highest BCUT2D eigenvalue weighted by Gasteiger charge is 2.50. The lowest BCUT2D eigenvalue weighted by Gasteiger charge is -2.44. The smallest absolute Gasteiger partial charge is 0.410 e. The van der Waals surface area contributed by atoms with Crippen molar-refractivity contribution in [1.82, 2.24) is 10.2 Å². The summed E-state index contributed by atoms with van der Waals surface area (Å²) in [6, 6.07) is 9.44. The van der Waals surface area contributed by atoms with Gasteiger partial charge in [-0.2, -0.15) is 0 Å². The number of carbonyl (C=O) groups is 2. The molecule has 2 heterocycles. The van der Waals surface area contributed by atoms with Crippen LogP contribution < -0.4 is 5.32 Å². The zero-order chi connectivity index (χ0) is 16.4. The van der Waals surface area contributed by atoms with E-state index in [9.17, 15) is 14.7 Å². The Hall–Kier alpha value is -2.08. The molecule has 2 saturated heterocycles. The van der Waals surface area contributed by atoms with Gasteiger partial charge in [0, 0.05) is 12.6 Å². The van der Waals surface area contributed by atoms with E-state index in [-0.39, 0.29) is 31.1 Å². The Bertz CT molecular complexity index is 592. The molecule has 0 saturated carbocycles. The van der Waals surface area contributed by atoms with Crippen molar-refractivity contribution in [2.75, 3.05) is 6.54 Å². The molecule has 6 heteroatoms. The lowest BCUT2D eigenvalue weighted by atomic mass is 9.81. The first-order valence-corrected chi connectivity index (χ1v) is 7.96. The van der Waals surface area contributed by atoms with Gasteiger partial charge in [-0.25, -0.2) is 4.79 Å². The standard InChI is InChI=1S/C17H22N2O4/c1-12-10-17(14(20)9-15(21)18-17)7-8-19(12)16(22)23-11-13-5-3-2-4-6-13/h2-6,12,14,20H,7-11H2,1H3,(H,18,21)/t12-,14?,17+/m0/s1. The van der Waals surface area contributed by atoms with Gasteiger partial charge in [0.15, 0.2) is 0 Å².